The van der Waals surface area contributed by atoms with Crippen LogP contribution in [0, 0.1) is 5.82 Å². The molecule has 0 aliphatic rings. The number of H-pyrrole nitrogens is 1. The second-order valence-corrected chi connectivity index (χ2v) is 3.99. The van der Waals surface area contributed by atoms with Gasteiger partial charge >= 0.3 is 0 Å². The summed E-state index contributed by atoms with van der Waals surface area (Å²) in [6.45, 7) is 4.15. The average Bonchev–Trinajstić information content (AvgIpc) is 2.88. The fourth-order valence-corrected chi connectivity index (χ4v) is 1.76. The fraction of sp³-hybridized carbons (Fsp3) is 0.308. The Balaban J connectivity index is 2.29. The summed E-state index contributed by atoms with van der Waals surface area (Å²) in [7, 11) is 0. The number of carbonyl (C=O) groups is 1. The smallest absolute Gasteiger partial charge is 0.297 e. The molecular formula is C13H15FN4O. The lowest BCUT2D eigenvalue weighted by molar-refractivity contribution is 0.0978. The molecule has 100 valence electrons. The van der Waals surface area contributed by atoms with Gasteiger partial charge in [-0.1, -0.05) is 13.0 Å². The van der Waals surface area contributed by atoms with Crippen LogP contribution in [-0.2, 0) is 6.42 Å². The second kappa shape index (κ2) is 5.60. The van der Waals surface area contributed by atoms with Crippen LogP contribution in [0.4, 0.5) is 10.1 Å². The van der Waals surface area contributed by atoms with Gasteiger partial charge in [-0.15, -0.1) is 5.10 Å². The van der Waals surface area contributed by atoms with Crippen LogP contribution in [0.1, 0.15) is 30.3 Å². The highest BCUT2D eigenvalue weighted by molar-refractivity contribution is 6.03. The van der Waals surface area contributed by atoms with Crippen molar-refractivity contribution in [2.75, 3.05) is 11.4 Å². The van der Waals surface area contributed by atoms with Crippen molar-refractivity contribution in [3.05, 3.63) is 41.7 Å². The highest BCUT2D eigenvalue weighted by Crippen LogP contribution is 2.17. The molecule has 0 bridgehead atoms. The van der Waals surface area contributed by atoms with E-state index in [1.165, 1.54) is 17.0 Å². The van der Waals surface area contributed by atoms with Gasteiger partial charge in [0.25, 0.3) is 5.91 Å². The zero-order valence-electron chi connectivity index (χ0n) is 10.9. The number of benzene rings is 1. The molecule has 5 nitrogen and oxygen atoms in total. The van der Waals surface area contributed by atoms with Crippen molar-refractivity contribution in [3.8, 4) is 0 Å². The molecular weight excluding hydrogens is 247 g/mol. The number of rotatable bonds is 4. The molecule has 0 aliphatic carbocycles. The second-order valence-electron chi connectivity index (χ2n) is 3.99. The summed E-state index contributed by atoms with van der Waals surface area (Å²) >= 11 is 0. The van der Waals surface area contributed by atoms with Gasteiger partial charge < -0.3 is 4.90 Å². The molecule has 0 radical (unpaired) electrons. The Labute approximate surface area is 110 Å². The number of aromatic nitrogens is 3. The van der Waals surface area contributed by atoms with E-state index >= 15 is 0 Å². The first-order chi connectivity index (χ1) is 9.15. The number of anilines is 1. The van der Waals surface area contributed by atoms with Crippen molar-refractivity contribution in [3.63, 3.8) is 0 Å². The van der Waals surface area contributed by atoms with E-state index in [0.29, 0.717) is 24.5 Å². The molecule has 0 fully saturated rings. The lowest BCUT2D eigenvalue weighted by atomic mass is 10.2. The molecule has 2 aromatic rings. The number of aromatic amines is 1. The molecule has 0 saturated carbocycles. The number of hydrogen-bond donors (Lipinski definition) is 1. The van der Waals surface area contributed by atoms with Crippen LogP contribution in [0.3, 0.4) is 0 Å². The minimum atomic E-state index is -0.381. The summed E-state index contributed by atoms with van der Waals surface area (Å²) in [5.74, 6) is 0.0265. The minimum absolute atomic E-state index is 0.1000. The SMILES string of the molecule is CCc1nc(C(=O)N(CC)c2cccc(F)c2)n[nH]1. The summed E-state index contributed by atoms with van der Waals surface area (Å²) < 4.78 is 13.2. The molecule has 0 saturated heterocycles. The average molecular weight is 262 g/mol. The number of amides is 1. The monoisotopic (exact) mass is 262 g/mol. The normalized spacial score (nSPS) is 10.5. The number of nitrogens with one attached hydrogen (secondary N) is 1. The Kier molecular flexibility index (Phi) is 3.89. The molecule has 1 amide bonds. The zero-order chi connectivity index (χ0) is 13.8. The van der Waals surface area contributed by atoms with Crippen LogP contribution < -0.4 is 4.90 Å². The Morgan fingerprint density at radius 3 is 2.79 bits per heavy atom. The maximum atomic E-state index is 13.2. The van der Waals surface area contributed by atoms with Crippen molar-refractivity contribution in [1.29, 1.82) is 0 Å². The van der Waals surface area contributed by atoms with E-state index in [4.69, 9.17) is 0 Å². The Morgan fingerprint density at radius 2 is 2.21 bits per heavy atom. The summed E-state index contributed by atoms with van der Waals surface area (Å²) in [4.78, 5) is 17.8. The van der Waals surface area contributed by atoms with Gasteiger partial charge in [-0.2, -0.15) is 0 Å². The van der Waals surface area contributed by atoms with Gasteiger partial charge in [0.05, 0.1) is 0 Å². The molecule has 2 rings (SSSR count). The summed E-state index contributed by atoms with van der Waals surface area (Å²) in [5, 5.41) is 6.58. The van der Waals surface area contributed by atoms with Gasteiger partial charge in [-0.25, -0.2) is 9.37 Å². The molecule has 1 aromatic carbocycles. The largest absolute Gasteiger partial charge is 0.306 e. The van der Waals surface area contributed by atoms with Crippen LogP contribution in [0.5, 0.6) is 0 Å². The number of nitrogens with zero attached hydrogens (tertiary/aromatic N) is 3. The minimum Gasteiger partial charge on any atom is -0.306 e. The first-order valence-corrected chi connectivity index (χ1v) is 6.14. The number of hydrogen-bond acceptors (Lipinski definition) is 3. The van der Waals surface area contributed by atoms with Crippen LogP contribution in [0.2, 0.25) is 0 Å². The molecule has 0 unspecified atom stereocenters. The summed E-state index contributed by atoms with van der Waals surface area (Å²) in [6.07, 6.45) is 0.673. The predicted octanol–water partition coefficient (Wildman–Crippen LogP) is 2.17. The number of aryl methyl sites for hydroxylation is 1. The van der Waals surface area contributed by atoms with Crippen molar-refractivity contribution in [2.45, 2.75) is 20.3 Å². The lowest BCUT2D eigenvalue weighted by Crippen LogP contribution is -2.31. The fourth-order valence-electron chi connectivity index (χ4n) is 1.76. The van der Waals surface area contributed by atoms with Crippen molar-refractivity contribution in [2.24, 2.45) is 0 Å². The predicted molar refractivity (Wildman–Crippen MR) is 69.5 cm³/mol. The van der Waals surface area contributed by atoms with E-state index in [0.717, 1.165) is 0 Å². The maximum absolute atomic E-state index is 13.2. The molecule has 0 spiro atoms. The first-order valence-electron chi connectivity index (χ1n) is 6.14. The van der Waals surface area contributed by atoms with E-state index in [2.05, 4.69) is 15.2 Å². The van der Waals surface area contributed by atoms with E-state index < -0.39 is 0 Å². The van der Waals surface area contributed by atoms with Gasteiger partial charge in [-0.3, -0.25) is 9.89 Å². The topological polar surface area (TPSA) is 61.9 Å². The van der Waals surface area contributed by atoms with E-state index in [1.807, 2.05) is 13.8 Å². The number of carbonyl (C=O) groups excluding carboxylic acids is 1. The van der Waals surface area contributed by atoms with Crippen LogP contribution in [0.25, 0.3) is 0 Å². The van der Waals surface area contributed by atoms with Gasteiger partial charge in [0.15, 0.2) is 0 Å². The molecule has 0 aliphatic heterocycles. The Morgan fingerprint density at radius 1 is 1.42 bits per heavy atom. The van der Waals surface area contributed by atoms with Gasteiger partial charge in [0.1, 0.15) is 11.6 Å². The highest BCUT2D eigenvalue weighted by Gasteiger charge is 2.20. The highest BCUT2D eigenvalue weighted by atomic mass is 19.1. The van der Waals surface area contributed by atoms with Crippen molar-refractivity contribution < 1.29 is 9.18 Å². The maximum Gasteiger partial charge on any atom is 0.297 e. The van der Waals surface area contributed by atoms with Crippen molar-refractivity contribution >= 4 is 11.6 Å². The van der Waals surface area contributed by atoms with Crippen LogP contribution in [0.15, 0.2) is 24.3 Å². The summed E-state index contributed by atoms with van der Waals surface area (Å²) in [5.41, 5.74) is 0.496. The first kappa shape index (κ1) is 13.2. The molecule has 19 heavy (non-hydrogen) atoms. The van der Waals surface area contributed by atoms with Crippen molar-refractivity contribution in [1.82, 2.24) is 15.2 Å². The third-order valence-corrected chi connectivity index (χ3v) is 2.74. The third kappa shape index (κ3) is 2.78. The number of halogens is 1. The van der Waals surface area contributed by atoms with E-state index in [9.17, 15) is 9.18 Å². The molecule has 1 N–H and O–H groups in total. The quantitative estimate of drug-likeness (QED) is 0.918. The zero-order valence-corrected chi connectivity index (χ0v) is 10.9. The van der Waals surface area contributed by atoms with E-state index in [1.54, 1.807) is 12.1 Å². The molecule has 6 heteroatoms. The van der Waals surface area contributed by atoms with Crippen LogP contribution >= 0.6 is 0 Å². The van der Waals surface area contributed by atoms with E-state index in [-0.39, 0.29) is 17.5 Å². The van der Waals surface area contributed by atoms with Gasteiger partial charge in [-0.05, 0) is 25.1 Å². The Hall–Kier alpha value is -2.24. The van der Waals surface area contributed by atoms with Gasteiger partial charge in [0, 0.05) is 18.7 Å². The molecule has 0 atom stereocenters. The van der Waals surface area contributed by atoms with Crippen LogP contribution in [-0.4, -0.2) is 27.6 Å². The lowest BCUT2D eigenvalue weighted by Gasteiger charge is -2.19. The third-order valence-electron chi connectivity index (χ3n) is 2.74. The Bertz CT molecular complexity index is 582. The standard InChI is InChI=1S/C13H15FN4O/c1-3-11-15-12(17-16-11)13(19)18(4-2)10-7-5-6-9(14)8-10/h5-8H,3-4H2,1-2H3,(H,15,16,17). The molecule has 1 heterocycles. The summed E-state index contributed by atoms with van der Waals surface area (Å²) in [6, 6.07) is 5.90. The van der Waals surface area contributed by atoms with Gasteiger partial charge in [0.2, 0.25) is 5.82 Å². The molecule has 1 aromatic heterocycles.